The summed E-state index contributed by atoms with van der Waals surface area (Å²) >= 11 is 33.4. The Morgan fingerprint density at radius 1 is 0.426 bits per heavy atom. The second-order valence-electron chi connectivity index (χ2n) is 41.1. The second-order valence-corrected chi connectivity index (χ2v) is 50.9. The minimum Gasteiger partial charge on any atom is -0.490 e. The average molecular weight is 2150 g/mol. The van der Waals surface area contributed by atoms with Gasteiger partial charge in [0.15, 0.2) is 51.4 Å². The van der Waals surface area contributed by atoms with E-state index in [0.717, 1.165) is 109 Å². The van der Waals surface area contributed by atoms with E-state index >= 15 is 17.6 Å². The molecule has 12 heterocycles. The van der Waals surface area contributed by atoms with Crippen LogP contribution in [0.5, 0.6) is 23.0 Å². The monoisotopic (exact) mass is 2150 g/mol. The van der Waals surface area contributed by atoms with Crippen molar-refractivity contribution in [3.05, 3.63) is 257 Å². The van der Waals surface area contributed by atoms with E-state index in [1.54, 1.807) is 23.5 Å². The van der Waals surface area contributed by atoms with Crippen LogP contribution < -0.4 is 29.4 Å². The van der Waals surface area contributed by atoms with Crippen molar-refractivity contribution in [1.82, 2.24) is 9.03 Å². The van der Waals surface area contributed by atoms with Crippen LogP contribution in [0.25, 0.3) is 0 Å². The summed E-state index contributed by atoms with van der Waals surface area (Å²) in [6.07, 6.45) is 6.93. The lowest BCUT2D eigenvalue weighted by Crippen LogP contribution is -2.64. The van der Waals surface area contributed by atoms with Crippen molar-refractivity contribution in [2.24, 2.45) is 29.4 Å². The fourth-order valence-electron chi connectivity index (χ4n) is 22.1. The number of thioether (sulfide) groups is 3. The fourth-order valence-corrected chi connectivity index (χ4v) is 28.2. The van der Waals surface area contributed by atoms with E-state index in [0.29, 0.717) is 178 Å². The van der Waals surface area contributed by atoms with Crippen LogP contribution in [-0.2, 0) is 107 Å². The maximum Gasteiger partial charge on any atom is 0.185 e. The van der Waals surface area contributed by atoms with Crippen molar-refractivity contribution in [1.29, 1.82) is 0 Å². The number of rotatable bonds is 26. The summed E-state index contributed by atoms with van der Waals surface area (Å²) in [5.74, 6) is 0.383. The van der Waals surface area contributed by atoms with Crippen molar-refractivity contribution >= 4 is 121 Å². The molecule has 17 nitrogen and oxygen atoms in total. The zero-order valence-electron chi connectivity index (χ0n) is 80.1. The van der Waals surface area contributed by atoms with Crippen molar-refractivity contribution < 1.29 is 100 Å². The molecule has 0 aliphatic carbocycles. The van der Waals surface area contributed by atoms with Gasteiger partial charge < -0.3 is 57.8 Å². The van der Waals surface area contributed by atoms with Crippen LogP contribution in [0, 0.1) is 70.2 Å². The first-order valence-corrected chi connectivity index (χ1v) is 55.7. The number of nitrogens with one attached hydrogen (secondary N) is 1. The molecule has 3 N–H and O–H groups in total. The fraction of sp³-hybridized carbons (Fsp3) is 0.538. The molecule has 8 saturated heterocycles. The molecule has 8 aromatic rings. The molecule has 0 radical (unpaired) electrons. The lowest BCUT2D eigenvalue weighted by atomic mass is 9.60. The van der Waals surface area contributed by atoms with E-state index in [2.05, 4.69) is 21.7 Å². The third kappa shape index (κ3) is 24.0. The first kappa shape index (κ1) is 108. The number of nitrogens with zero attached hydrogens (tertiary/aromatic N) is 1. The van der Waals surface area contributed by atoms with Gasteiger partial charge in [-0.25, -0.2) is 52.6 Å². The summed E-state index contributed by atoms with van der Waals surface area (Å²) in [5.41, 5.74) is 8.79. The Labute approximate surface area is 864 Å². The van der Waals surface area contributed by atoms with Gasteiger partial charge in [-0.2, -0.15) is 36.2 Å². The average Bonchev–Trinajstić information content (AvgIpc) is 1.53. The molecule has 141 heavy (non-hydrogen) atoms. The number of thiol groups is 1. The van der Waals surface area contributed by atoms with Crippen LogP contribution in [0.1, 0.15) is 144 Å². The van der Waals surface area contributed by atoms with Gasteiger partial charge in [-0.05, 0) is 255 Å². The number of hydrogen-bond donors (Lipinski definition) is 3. The lowest BCUT2D eigenvalue weighted by molar-refractivity contribution is -0.109. The maximum absolute atomic E-state index is 15.5. The molecule has 1 spiro atoms. The zero-order valence-corrected chi connectivity index (χ0v) is 88.1. The molecule has 0 saturated carbocycles. The van der Waals surface area contributed by atoms with Gasteiger partial charge in [-0.3, -0.25) is 4.79 Å². The second kappa shape index (κ2) is 45.9. The van der Waals surface area contributed by atoms with Gasteiger partial charge in [0.05, 0.1) is 128 Å². The van der Waals surface area contributed by atoms with Gasteiger partial charge in [0.1, 0.15) is 34.3 Å². The lowest BCUT2D eigenvalue weighted by Gasteiger charge is -2.51. The quantitative estimate of drug-likeness (QED) is 0.0200. The number of nitrogens with two attached hydrogens (primary N) is 1. The molecule has 12 aliphatic heterocycles. The molecule has 0 bridgehead atoms. The Morgan fingerprint density at radius 2 is 0.723 bits per heavy atom. The number of carbonyl (C=O) groups excluding carboxylic acids is 1. The van der Waals surface area contributed by atoms with E-state index in [4.69, 9.17) is 104 Å². The molecule has 1 unspecified atom stereocenters. The van der Waals surface area contributed by atoms with E-state index in [9.17, 15) is 30.8 Å². The Morgan fingerprint density at radius 3 is 0.986 bits per heavy atom. The number of ether oxygens (including phenoxy) is 11. The summed E-state index contributed by atoms with van der Waals surface area (Å²) in [5, 5.41) is 2.61. The molecular formula is C106H123Cl4F8N3O14S6. The highest BCUT2D eigenvalue weighted by Crippen LogP contribution is 2.59. The van der Waals surface area contributed by atoms with Crippen molar-refractivity contribution in [3.8, 4) is 23.0 Å². The molecule has 20 rings (SSSR count). The minimum atomic E-state index is -1.18. The van der Waals surface area contributed by atoms with Gasteiger partial charge in [0.2, 0.25) is 0 Å². The highest BCUT2D eigenvalue weighted by molar-refractivity contribution is 8.13. The predicted molar refractivity (Wildman–Crippen MR) is 547 cm³/mol. The first-order valence-electron chi connectivity index (χ1n) is 48.1. The third-order valence-electron chi connectivity index (χ3n) is 29.5. The molecular weight excluding hydrogens is 2030 g/mol. The van der Waals surface area contributed by atoms with Crippen LogP contribution in [0.3, 0.4) is 0 Å². The van der Waals surface area contributed by atoms with E-state index in [1.807, 2.05) is 139 Å². The zero-order chi connectivity index (χ0) is 100. The Hall–Kier alpha value is -5.47. The summed E-state index contributed by atoms with van der Waals surface area (Å²) in [6.45, 7) is 21.2. The van der Waals surface area contributed by atoms with Crippen molar-refractivity contribution in [3.63, 3.8) is 0 Å². The first-order chi connectivity index (χ1) is 67.3. The molecule has 0 aromatic heterocycles. The summed E-state index contributed by atoms with van der Waals surface area (Å²) in [4.78, 5) is 11.3. The molecule has 35 heteroatoms. The molecule has 12 aliphatic rings. The van der Waals surface area contributed by atoms with Crippen molar-refractivity contribution in [2.75, 3.05) is 134 Å². The molecule has 0 amide bonds. The van der Waals surface area contributed by atoms with Crippen LogP contribution >= 0.6 is 94.3 Å². The Bertz CT molecular complexity index is 5740. The number of benzene rings is 8. The van der Waals surface area contributed by atoms with E-state index < -0.39 is 90.2 Å². The molecule has 766 valence electrons. The van der Waals surface area contributed by atoms with Crippen LogP contribution in [0.15, 0.2) is 146 Å². The maximum atomic E-state index is 15.5. The Balaban J connectivity index is 0.000000131. The van der Waals surface area contributed by atoms with Crippen LogP contribution in [-0.4, -0.2) is 202 Å². The van der Waals surface area contributed by atoms with Gasteiger partial charge in [-0.15, -0.1) is 0 Å². The van der Waals surface area contributed by atoms with Gasteiger partial charge in [-0.1, -0.05) is 107 Å². The number of carbonyl (C=O) groups is 1. The van der Waals surface area contributed by atoms with Crippen LogP contribution in [0.4, 0.5) is 35.1 Å². The predicted octanol–water partition coefficient (Wildman–Crippen LogP) is 21.9. The molecule has 8 fully saturated rings. The van der Waals surface area contributed by atoms with Gasteiger partial charge >= 0.3 is 0 Å². The molecule has 8 aromatic carbocycles. The number of halogens is 12. The largest absolute Gasteiger partial charge is 0.490 e. The van der Waals surface area contributed by atoms with E-state index in [-0.39, 0.29) is 116 Å². The Kier molecular flexibility index (Phi) is 35.3. The topological polar surface area (TPSA) is 194 Å². The van der Waals surface area contributed by atoms with Crippen molar-refractivity contribution in [2.45, 2.75) is 198 Å². The SMILES string of the molecule is CC(=O)SCC[C@@H]1OCC[C@@]2(Cc3ccc(Cl)cc3)c3c(F)ccc(F)c3OC[C@@H]12.CC(C)(C)[S@@](=O)N1CC12COC2.CC(C)(C)[S@@](=O)NC1(CSCC[C@@H]2OCC[C@@]3(Cc4ccc(Cl)cc4)c4c(F)ccc(F)c4OC[C@@H]23)COC1.Fc1ccc(F)c2c1OC[C@H]1[C@H](CCS)OCC[C@@]21Cc1ccc(Cl)cc1.NC1(CSCC[C@@H]2OCC[C@@]3(Cc4ccc(Cl)cc4)c4c(F)ccc(F)c4OC[C@@H]23)COC1. The number of fused-ring (bicyclic) bond motifs is 12. The summed E-state index contributed by atoms with van der Waals surface area (Å²) < 4.78 is 213. The van der Waals surface area contributed by atoms with Crippen LogP contribution in [0.2, 0.25) is 20.1 Å². The highest BCUT2D eigenvalue weighted by Gasteiger charge is 2.63. The third-order valence-corrected chi connectivity index (χ3v) is 37.8. The normalized spacial score (nSPS) is 27.3. The standard InChI is InChI=1S/C29H36ClF2NO4S2.C25H28ClF2NO3S.C23H23ClF2O3S.C21H21ClF2O2S.C8H15NO2S/c1-27(2,3)39(34)33-28(16-35-17-28)18-38-13-10-24-21-15-37-26-23(32)9-8-22(31)25(26)29(21,11-12-36-24)14-19-4-6-20(30)7-5-19;26-17-3-1-16(2-4-17)11-25-8-9-31-21(7-10-33-15-24(29)13-30-14-24)18(25)12-32-23-20(28)6-5-19(27)22(23)25;1-14(27)30-11-8-20-17-13-29-22-19(26)7-6-18(25)21(22)23(17,9-10-28-20)12-15-2-4-16(24)5-3-15;22-14-3-1-13(2-4-14)11-21-8-9-25-18(7-10-27)15(21)12-26-20-17(24)6-5-16(23)19(20)21;1-7(2,3)12(10)9-4-8(9)5-11-6-8/h4-9,21,24,33H,10-18H2,1-3H3;1-6,18,21H,7-15,29H2;2-7,17,20H,8-13H2,1H3;1-6,15,18,27H,7-12H2;4-6H2,1-3H3/t21-,24-,29-,39+;18-,21-,25-;17-,20-,23-;15-,18-,21-;9?,12-/m00001/s1. The van der Waals surface area contributed by atoms with Gasteiger partial charge in [0.25, 0.3) is 0 Å². The summed E-state index contributed by atoms with van der Waals surface area (Å²) in [6, 6.07) is 39.5. The minimum absolute atomic E-state index is 0.0129. The van der Waals surface area contributed by atoms with E-state index in [1.165, 1.54) is 43.0 Å². The van der Waals surface area contributed by atoms with Gasteiger partial charge in [0, 0.05) is 145 Å². The highest BCUT2D eigenvalue weighted by atomic mass is 35.5. The number of hydrogen-bond acceptors (Lipinski definition) is 19. The summed E-state index contributed by atoms with van der Waals surface area (Å²) in [7, 11) is -2.02. The smallest absolute Gasteiger partial charge is 0.185 e. The molecule has 15 atom stereocenters.